The van der Waals surface area contributed by atoms with E-state index in [1.54, 1.807) is 0 Å². The van der Waals surface area contributed by atoms with Crippen molar-refractivity contribution in [1.82, 2.24) is 5.32 Å². The van der Waals surface area contributed by atoms with Gasteiger partial charge in [-0.15, -0.1) is 0 Å². The number of hydrogen-bond donors (Lipinski definition) is 6. The molecular formula is C49H95NO11S. The van der Waals surface area contributed by atoms with Gasteiger partial charge in [0.1, 0.15) is 24.4 Å². The van der Waals surface area contributed by atoms with Gasteiger partial charge in [0.25, 0.3) is 0 Å². The van der Waals surface area contributed by atoms with Gasteiger partial charge in [-0.05, 0) is 38.5 Å². The Morgan fingerprint density at radius 1 is 0.629 bits per heavy atom. The summed E-state index contributed by atoms with van der Waals surface area (Å²) in [5, 5.41) is 44.9. The number of rotatable bonds is 44. The molecule has 1 aliphatic rings. The van der Waals surface area contributed by atoms with Crippen LogP contribution in [0, 0.1) is 0 Å². The van der Waals surface area contributed by atoms with E-state index in [0.717, 1.165) is 51.4 Å². The largest absolute Gasteiger partial charge is 0.397 e. The summed E-state index contributed by atoms with van der Waals surface area (Å²) in [5.74, 6) is -0.244. The van der Waals surface area contributed by atoms with Gasteiger partial charge in [0, 0.05) is 6.42 Å². The molecule has 0 aromatic rings. The summed E-state index contributed by atoms with van der Waals surface area (Å²) in [7, 11) is -5.08. The third-order valence-electron chi connectivity index (χ3n) is 12.3. The standard InChI is InChI=1S/C49H95NO11S/c1-3-5-7-9-11-13-15-17-18-19-20-21-22-23-24-25-27-28-30-32-34-36-38-43(52)42(41-59-49-47(55)48(61-62(56,57)58)46(54)44(40-51)60-49)50-45(53)39-37-35-33-31-29-26-16-14-12-10-8-6-4-2/h26,29,42-44,46-49,51-52,54-55H,3-25,27-28,30-41H2,1-2H3,(H,50,53)(H,56,57,58)/b29-26-. The second-order valence-corrected chi connectivity index (χ2v) is 19.2. The molecule has 0 aromatic carbocycles. The molecule has 6 N–H and O–H groups in total. The lowest BCUT2D eigenvalue weighted by Crippen LogP contribution is -2.61. The van der Waals surface area contributed by atoms with Crippen LogP contribution < -0.4 is 5.32 Å². The first-order valence-electron chi connectivity index (χ1n) is 25.6. The van der Waals surface area contributed by atoms with Crippen LogP contribution in [0.3, 0.4) is 0 Å². The highest BCUT2D eigenvalue weighted by Crippen LogP contribution is 2.26. The van der Waals surface area contributed by atoms with E-state index in [1.807, 2.05) is 0 Å². The third kappa shape index (κ3) is 32.5. The Hall–Kier alpha value is -1.16. The normalized spacial score (nSPS) is 20.5. The molecule has 1 heterocycles. The number of amides is 1. The Balaban J connectivity index is 2.41. The lowest BCUT2D eigenvalue weighted by molar-refractivity contribution is -0.298. The highest BCUT2D eigenvalue weighted by molar-refractivity contribution is 7.80. The molecule has 0 aliphatic carbocycles. The topological polar surface area (TPSA) is 192 Å². The first-order valence-corrected chi connectivity index (χ1v) is 26.9. The van der Waals surface area contributed by atoms with Gasteiger partial charge in [0.2, 0.25) is 5.91 Å². The Morgan fingerprint density at radius 2 is 1.03 bits per heavy atom. The van der Waals surface area contributed by atoms with Crippen LogP contribution in [0.2, 0.25) is 0 Å². The SMILES string of the molecule is CCCCCCCC/C=C\CCCCCC(=O)NC(COC1OC(CO)C(O)C(OS(=O)(=O)O)C1O)C(O)CCCCCCCCCCCCCCCCCCCCCCCC. The van der Waals surface area contributed by atoms with Crippen LogP contribution in [0.1, 0.15) is 239 Å². The molecule has 0 spiro atoms. The van der Waals surface area contributed by atoms with Gasteiger partial charge in [-0.3, -0.25) is 9.35 Å². The van der Waals surface area contributed by atoms with Crippen molar-refractivity contribution in [2.75, 3.05) is 13.2 Å². The minimum absolute atomic E-state index is 0.244. The summed E-state index contributed by atoms with van der Waals surface area (Å²) in [6, 6.07) is -0.863. The zero-order valence-corrected chi connectivity index (χ0v) is 40.3. The predicted octanol–water partition coefficient (Wildman–Crippen LogP) is 10.7. The molecule has 7 unspecified atom stereocenters. The van der Waals surface area contributed by atoms with Crippen LogP contribution in [0.25, 0.3) is 0 Å². The first-order chi connectivity index (χ1) is 30.0. The smallest absolute Gasteiger partial charge is 0.394 e. The molecule has 62 heavy (non-hydrogen) atoms. The predicted molar refractivity (Wildman–Crippen MR) is 250 cm³/mol. The fraction of sp³-hybridized carbons (Fsp3) is 0.939. The van der Waals surface area contributed by atoms with E-state index in [0.29, 0.717) is 12.8 Å². The van der Waals surface area contributed by atoms with E-state index in [9.17, 15) is 38.2 Å². The number of aliphatic hydroxyl groups excluding tert-OH is 4. The van der Waals surface area contributed by atoms with Crippen molar-refractivity contribution in [3.05, 3.63) is 12.2 Å². The third-order valence-corrected chi connectivity index (χ3v) is 12.8. The molecule has 0 radical (unpaired) electrons. The lowest BCUT2D eigenvalue weighted by Gasteiger charge is -2.41. The van der Waals surface area contributed by atoms with Crippen LogP contribution in [0.4, 0.5) is 0 Å². The highest BCUT2D eigenvalue weighted by atomic mass is 32.3. The lowest BCUT2D eigenvalue weighted by atomic mass is 9.99. The highest BCUT2D eigenvalue weighted by Gasteiger charge is 2.48. The summed E-state index contributed by atoms with van der Waals surface area (Å²) in [6.45, 7) is 3.45. The van der Waals surface area contributed by atoms with Crippen LogP contribution >= 0.6 is 0 Å². The molecule has 13 heteroatoms. The number of carbonyl (C=O) groups excluding carboxylic acids is 1. The molecule has 1 amide bonds. The van der Waals surface area contributed by atoms with Gasteiger partial charge in [0.15, 0.2) is 6.29 Å². The Kier molecular flexibility index (Phi) is 38.1. The molecule has 7 atom stereocenters. The second-order valence-electron chi connectivity index (χ2n) is 18.1. The molecular weight excluding hydrogens is 811 g/mol. The molecule has 1 rings (SSSR count). The minimum atomic E-state index is -5.08. The van der Waals surface area contributed by atoms with Gasteiger partial charge in [-0.2, -0.15) is 8.42 Å². The van der Waals surface area contributed by atoms with Crippen LogP contribution in [-0.2, 0) is 28.9 Å². The summed E-state index contributed by atoms with van der Waals surface area (Å²) >= 11 is 0. The maximum absolute atomic E-state index is 13.0. The van der Waals surface area contributed by atoms with Crippen molar-refractivity contribution in [2.45, 2.75) is 281 Å². The van der Waals surface area contributed by atoms with Crippen LogP contribution in [-0.4, -0.2) is 95.4 Å². The molecule has 1 saturated heterocycles. The molecule has 12 nitrogen and oxygen atoms in total. The minimum Gasteiger partial charge on any atom is -0.394 e. The van der Waals surface area contributed by atoms with Crippen molar-refractivity contribution in [3.63, 3.8) is 0 Å². The van der Waals surface area contributed by atoms with E-state index in [4.69, 9.17) is 9.47 Å². The number of carbonyl (C=O) groups is 1. The zero-order chi connectivity index (χ0) is 45.5. The van der Waals surface area contributed by atoms with Crippen molar-refractivity contribution < 1.29 is 51.8 Å². The van der Waals surface area contributed by atoms with Gasteiger partial charge in [-0.1, -0.05) is 206 Å². The Labute approximate surface area is 379 Å². The fourth-order valence-corrected chi connectivity index (χ4v) is 8.85. The van der Waals surface area contributed by atoms with E-state index in [1.165, 1.54) is 154 Å². The fourth-order valence-electron chi connectivity index (χ4n) is 8.34. The van der Waals surface area contributed by atoms with E-state index in [-0.39, 0.29) is 18.9 Å². The van der Waals surface area contributed by atoms with Crippen LogP contribution in [0.5, 0.6) is 0 Å². The Bertz CT molecular complexity index is 1160. The van der Waals surface area contributed by atoms with E-state index in [2.05, 4.69) is 35.5 Å². The summed E-state index contributed by atoms with van der Waals surface area (Å²) in [6.07, 6.45) is 36.5. The zero-order valence-electron chi connectivity index (χ0n) is 39.5. The molecule has 0 bridgehead atoms. The molecule has 0 aromatic heterocycles. The average Bonchev–Trinajstić information content (AvgIpc) is 3.24. The quantitative estimate of drug-likeness (QED) is 0.0194. The summed E-state index contributed by atoms with van der Waals surface area (Å²) in [4.78, 5) is 13.0. The first kappa shape index (κ1) is 58.9. The monoisotopic (exact) mass is 906 g/mol. The second kappa shape index (κ2) is 40.1. The van der Waals surface area contributed by atoms with Crippen molar-refractivity contribution in [1.29, 1.82) is 0 Å². The van der Waals surface area contributed by atoms with E-state index >= 15 is 0 Å². The maximum atomic E-state index is 13.0. The van der Waals surface area contributed by atoms with Gasteiger partial charge in [0.05, 0.1) is 25.4 Å². The Morgan fingerprint density at radius 3 is 1.45 bits per heavy atom. The van der Waals surface area contributed by atoms with Crippen molar-refractivity contribution in [2.24, 2.45) is 0 Å². The summed E-state index contributed by atoms with van der Waals surface area (Å²) < 4.78 is 47.7. The number of hydrogen-bond acceptors (Lipinski definition) is 10. The van der Waals surface area contributed by atoms with Gasteiger partial charge in [-0.25, -0.2) is 4.18 Å². The number of aliphatic hydroxyl groups is 4. The molecule has 368 valence electrons. The number of ether oxygens (including phenoxy) is 2. The molecule has 1 fully saturated rings. The van der Waals surface area contributed by atoms with Gasteiger partial charge >= 0.3 is 10.4 Å². The van der Waals surface area contributed by atoms with Crippen molar-refractivity contribution in [3.8, 4) is 0 Å². The maximum Gasteiger partial charge on any atom is 0.397 e. The van der Waals surface area contributed by atoms with Crippen LogP contribution in [0.15, 0.2) is 12.2 Å². The van der Waals surface area contributed by atoms with Gasteiger partial charge < -0.3 is 35.2 Å². The number of unbranched alkanes of at least 4 members (excludes halogenated alkanes) is 30. The summed E-state index contributed by atoms with van der Waals surface area (Å²) in [5.41, 5.74) is 0. The van der Waals surface area contributed by atoms with Crippen molar-refractivity contribution >= 4 is 16.3 Å². The number of allylic oxidation sites excluding steroid dienone is 2. The molecule has 1 aliphatic heterocycles. The number of nitrogens with one attached hydrogen (secondary N) is 1. The average molecular weight is 906 g/mol. The van der Waals surface area contributed by atoms with E-state index < -0.39 is 59.9 Å². The molecule has 0 saturated carbocycles.